The zero-order valence-corrected chi connectivity index (χ0v) is 18.8. The molecule has 0 saturated heterocycles. The Morgan fingerprint density at radius 2 is 1.68 bits per heavy atom. The number of hydrogen-bond acceptors (Lipinski definition) is 4. The molecular formula is C18H20Cl2F2N4OSi. The summed E-state index contributed by atoms with van der Waals surface area (Å²) in [6, 6.07) is 4.82. The molecule has 0 aliphatic heterocycles. The summed E-state index contributed by atoms with van der Waals surface area (Å²) in [7, 11) is -1.42. The molecule has 0 aliphatic carbocycles. The fourth-order valence-corrected chi connectivity index (χ4v) is 4.17. The molecule has 0 bridgehead atoms. The lowest BCUT2D eigenvalue weighted by Crippen LogP contribution is -2.18. The molecule has 0 amide bonds. The van der Waals surface area contributed by atoms with Crippen LogP contribution in [-0.4, -0.2) is 28.6 Å². The van der Waals surface area contributed by atoms with Crippen molar-refractivity contribution in [2.24, 2.45) is 0 Å². The molecule has 0 N–H and O–H groups in total. The van der Waals surface area contributed by atoms with Crippen molar-refractivity contribution < 1.29 is 13.2 Å². The van der Waals surface area contributed by atoms with E-state index in [1.54, 1.807) is 12.1 Å². The van der Waals surface area contributed by atoms with Gasteiger partial charge in [0.25, 0.3) is 6.43 Å². The summed E-state index contributed by atoms with van der Waals surface area (Å²) in [4.78, 5) is 12.4. The first-order valence-corrected chi connectivity index (χ1v) is 12.2. The first-order chi connectivity index (χ1) is 13.0. The van der Waals surface area contributed by atoms with Crippen LogP contribution in [0.5, 0.6) is 5.75 Å². The maximum absolute atomic E-state index is 13.9. The van der Waals surface area contributed by atoms with E-state index in [1.807, 2.05) is 33.9 Å². The molecule has 2 aromatic heterocycles. The molecule has 0 spiro atoms. The third-order valence-electron chi connectivity index (χ3n) is 3.97. The molecule has 0 atom stereocenters. The van der Waals surface area contributed by atoms with Crippen LogP contribution in [-0.2, 0) is 5.41 Å². The van der Waals surface area contributed by atoms with Gasteiger partial charge in [0.05, 0.1) is 11.0 Å². The number of halogens is 4. The van der Waals surface area contributed by atoms with Gasteiger partial charge in [0.1, 0.15) is 16.1 Å². The van der Waals surface area contributed by atoms with Crippen LogP contribution in [0, 0.1) is 0 Å². The van der Waals surface area contributed by atoms with Crippen LogP contribution in [0.25, 0.3) is 17.0 Å². The van der Waals surface area contributed by atoms with Crippen molar-refractivity contribution in [3.63, 3.8) is 0 Å². The van der Waals surface area contributed by atoms with Gasteiger partial charge >= 0.3 is 0 Å². The molecule has 3 rings (SSSR count). The molecule has 0 aliphatic rings. The van der Waals surface area contributed by atoms with Gasteiger partial charge in [-0.2, -0.15) is 0 Å². The van der Waals surface area contributed by atoms with Gasteiger partial charge in [-0.1, -0.05) is 44.0 Å². The average molecular weight is 445 g/mol. The number of benzene rings is 1. The summed E-state index contributed by atoms with van der Waals surface area (Å²) in [5.41, 5.74) is 1.25. The summed E-state index contributed by atoms with van der Waals surface area (Å²) in [6.45, 7) is 10.1. The maximum Gasteiger partial charge on any atom is 0.296 e. The van der Waals surface area contributed by atoms with Crippen molar-refractivity contribution in [2.75, 3.05) is 0 Å². The average Bonchev–Trinajstić information content (AvgIpc) is 2.91. The van der Waals surface area contributed by atoms with Crippen LogP contribution < -0.4 is 4.43 Å². The standard InChI is InChI=1S/C18H20Cl2F2N4OSi/c1-18(2,3)13-10(27-28(4)5)7-6-9-14(13)25-16(15(21)22)26(9)17-23-11(19)8-12(20)24-17/h6-8,15,28H,1-5H3. The minimum Gasteiger partial charge on any atom is -0.547 e. The molecule has 0 unspecified atom stereocenters. The third-order valence-corrected chi connectivity index (χ3v) is 5.09. The van der Waals surface area contributed by atoms with Gasteiger partial charge in [-0.25, -0.2) is 23.7 Å². The Morgan fingerprint density at radius 3 is 2.18 bits per heavy atom. The molecule has 0 radical (unpaired) electrons. The second-order valence-electron chi connectivity index (χ2n) is 7.64. The Hall–Kier alpha value is -1.77. The van der Waals surface area contributed by atoms with E-state index in [1.165, 1.54) is 10.6 Å². The largest absolute Gasteiger partial charge is 0.547 e. The monoisotopic (exact) mass is 444 g/mol. The summed E-state index contributed by atoms with van der Waals surface area (Å²) >= 11 is 11.9. The van der Waals surface area contributed by atoms with Crippen LogP contribution >= 0.6 is 23.2 Å². The number of alkyl halides is 2. The number of nitrogens with zero attached hydrogens (tertiary/aromatic N) is 4. The topological polar surface area (TPSA) is 52.8 Å². The van der Waals surface area contributed by atoms with E-state index in [9.17, 15) is 8.78 Å². The summed E-state index contributed by atoms with van der Waals surface area (Å²) in [6.07, 6.45) is -2.84. The van der Waals surface area contributed by atoms with Crippen molar-refractivity contribution in [3.05, 3.63) is 39.9 Å². The lowest BCUT2D eigenvalue weighted by molar-refractivity contribution is 0.138. The predicted molar refractivity (Wildman–Crippen MR) is 110 cm³/mol. The first kappa shape index (κ1) is 20.9. The molecule has 0 fully saturated rings. The number of fused-ring (bicyclic) bond motifs is 1. The molecule has 5 nitrogen and oxygen atoms in total. The molecule has 28 heavy (non-hydrogen) atoms. The van der Waals surface area contributed by atoms with E-state index in [2.05, 4.69) is 15.0 Å². The fraction of sp³-hybridized carbons (Fsp3) is 0.389. The van der Waals surface area contributed by atoms with Gasteiger partial charge in [-0.15, -0.1) is 0 Å². The first-order valence-electron chi connectivity index (χ1n) is 8.70. The van der Waals surface area contributed by atoms with Crippen molar-refractivity contribution in [2.45, 2.75) is 45.7 Å². The molecule has 3 aromatic rings. The molecule has 2 heterocycles. The minimum absolute atomic E-state index is 0.0536. The Labute approximate surface area is 173 Å². The summed E-state index contributed by atoms with van der Waals surface area (Å²) in [5, 5.41) is 0.109. The molecule has 0 saturated carbocycles. The van der Waals surface area contributed by atoms with Crippen molar-refractivity contribution in [1.29, 1.82) is 0 Å². The van der Waals surface area contributed by atoms with E-state index in [0.717, 1.165) is 5.56 Å². The minimum atomic E-state index is -2.84. The molecule has 1 aromatic carbocycles. The van der Waals surface area contributed by atoms with Gasteiger partial charge < -0.3 is 4.43 Å². The Balaban J connectivity index is 2.41. The van der Waals surface area contributed by atoms with Crippen molar-refractivity contribution in [1.82, 2.24) is 19.5 Å². The van der Waals surface area contributed by atoms with Crippen LogP contribution in [0.2, 0.25) is 23.4 Å². The third kappa shape index (κ3) is 3.99. The molecular weight excluding hydrogens is 425 g/mol. The second-order valence-corrected chi connectivity index (χ2v) is 10.8. The van der Waals surface area contributed by atoms with Crippen molar-refractivity contribution in [3.8, 4) is 11.7 Å². The number of hydrogen-bond donors (Lipinski definition) is 0. The second kappa shape index (κ2) is 7.57. The highest BCUT2D eigenvalue weighted by molar-refractivity contribution is 6.49. The lowest BCUT2D eigenvalue weighted by Gasteiger charge is -2.24. The predicted octanol–water partition coefficient (Wildman–Crippen LogP) is 5.72. The van der Waals surface area contributed by atoms with E-state index in [4.69, 9.17) is 27.6 Å². The quantitative estimate of drug-likeness (QED) is 0.381. The summed E-state index contributed by atoms with van der Waals surface area (Å²) in [5.74, 6) is 0.136. The zero-order valence-electron chi connectivity index (χ0n) is 16.1. The van der Waals surface area contributed by atoms with E-state index in [0.29, 0.717) is 16.8 Å². The van der Waals surface area contributed by atoms with Crippen molar-refractivity contribution >= 4 is 43.3 Å². The highest BCUT2D eigenvalue weighted by atomic mass is 35.5. The Kier molecular flexibility index (Phi) is 5.66. The zero-order chi connectivity index (χ0) is 20.8. The molecule has 10 heteroatoms. The van der Waals surface area contributed by atoms with Crippen LogP contribution in [0.15, 0.2) is 18.2 Å². The van der Waals surface area contributed by atoms with Gasteiger partial charge in [0, 0.05) is 11.6 Å². The van der Waals surface area contributed by atoms with Crippen LogP contribution in [0.3, 0.4) is 0 Å². The number of imidazole rings is 1. The highest BCUT2D eigenvalue weighted by Gasteiger charge is 2.29. The van der Waals surface area contributed by atoms with Crippen LogP contribution in [0.1, 0.15) is 38.6 Å². The van der Waals surface area contributed by atoms with E-state index >= 15 is 0 Å². The van der Waals surface area contributed by atoms with Gasteiger partial charge in [0.15, 0.2) is 5.82 Å². The smallest absolute Gasteiger partial charge is 0.296 e. The molecule has 150 valence electrons. The Bertz CT molecular complexity index is 1010. The maximum atomic E-state index is 13.9. The SMILES string of the molecule is C[SiH](C)Oc1ccc2c(nc(C(F)F)n2-c2nc(Cl)cc(Cl)n2)c1C(C)(C)C. The van der Waals surface area contributed by atoms with Gasteiger partial charge in [0.2, 0.25) is 15.0 Å². The van der Waals surface area contributed by atoms with Gasteiger partial charge in [-0.05, 0) is 30.6 Å². The van der Waals surface area contributed by atoms with Crippen LogP contribution in [0.4, 0.5) is 8.78 Å². The number of rotatable bonds is 4. The fourth-order valence-electron chi connectivity index (χ4n) is 3.06. The van der Waals surface area contributed by atoms with E-state index < -0.39 is 21.3 Å². The van der Waals surface area contributed by atoms with E-state index in [-0.39, 0.29) is 21.7 Å². The normalized spacial score (nSPS) is 12.4. The highest BCUT2D eigenvalue weighted by Crippen LogP contribution is 2.39. The Morgan fingerprint density at radius 1 is 1.07 bits per heavy atom. The van der Waals surface area contributed by atoms with Gasteiger partial charge in [-0.3, -0.25) is 4.57 Å². The lowest BCUT2D eigenvalue weighted by atomic mass is 9.85. The number of aromatic nitrogens is 4. The summed E-state index contributed by atoms with van der Waals surface area (Å²) < 4.78 is 35.0.